The molecule has 1 N–H and O–H groups in total. The highest BCUT2D eigenvalue weighted by atomic mass is 16.5. The quantitative estimate of drug-likeness (QED) is 0.657. The summed E-state index contributed by atoms with van der Waals surface area (Å²) in [5.41, 5.74) is 0. The van der Waals surface area contributed by atoms with E-state index >= 15 is 0 Å². The van der Waals surface area contributed by atoms with Gasteiger partial charge in [0.1, 0.15) is 0 Å². The number of nitrogens with zero attached hydrogens (tertiary/aromatic N) is 3. The Morgan fingerprint density at radius 1 is 1.56 bits per heavy atom. The van der Waals surface area contributed by atoms with Gasteiger partial charge in [0.15, 0.2) is 5.82 Å². The molecule has 0 atom stereocenters. The summed E-state index contributed by atoms with van der Waals surface area (Å²) in [5.74, 6) is 1.09. The SMILES string of the molecule is COCCCNC(=O)CN(C)Cc1nc(C)no1. The Hall–Kier alpha value is -1.47. The number of rotatable bonds is 8. The summed E-state index contributed by atoms with van der Waals surface area (Å²) in [4.78, 5) is 17.4. The molecular weight excluding hydrogens is 236 g/mol. The van der Waals surface area contributed by atoms with Crippen LogP contribution in [0.5, 0.6) is 0 Å². The predicted octanol–water partition coefficient (Wildman–Crippen LogP) is -0.0375. The third-order valence-electron chi connectivity index (χ3n) is 2.24. The Balaban J connectivity index is 2.19. The van der Waals surface area contributed by atoms with E-state index in [9.17, 15) is 4.79 Å². The Morgan fingerprint density at radius 3 is 2.94 bits per heavy atom. The second-order valence-corrected chi connectivity index (χ2v) is 4.10. The molecule has 0 fully saturated rings. The van der Waals surface area contributed by atoms with E-state index in [1.54, 1.807) is 14.0 Å². The molecule has 0 aliphatic carbocycles. The largest absolute Gasteiger partial charge is 0.385 e. The van der Waals surface area contributed by atoms with Gasteiger partial charge in [-0.3, -0.25) is 9.69 Å². The third kappa shape index (κ3) is 5.74. The molecule has 0 saturated carbocycles. The van der Waals surface area contributed by atoms with Gasteiger partial charge in [-0.25, -0.2) is 0 Å². The second kappa shape index (κ2) is 7.78. The molecule has 1 aromatic rings. The molecule has 0 radical (unpaired) electrons. The number of nitrogens with one attached hydrogen (secondary N) is 1. The number of hydrogen-bond acceptors (Lipinski definition) is 6. The van der Waals surface area contributed by atoms with Crippen LogP contribution in [0.25, 0.3) is 0 Å². The van der Waals surface area contributed by atoms with Crippen molar-refractivity contribution in [2.75, 3.05) is 33.9 Å². The van der Waals surface area contributed by atoms with Gasteiger partial charge in [0, 0.05) is 20.3 Å². The molecule has 18 heavy (non-hydrogen) atoms. The van der Waals surface area contributed by atoms with Crippen molar-refractivity contribution in [3.05, 3.63) is 11.7 Å². The van der Waals surface area contributed by atoms with E-state index in [2.05, 4.69) is 15.5 Å². The zero-order valence-corrected chi connectivity index (χ0v) is 11.1. The normalized spacial score (nSPS) is 10.9. The molecule has 1 amide bonds. The zero-order valence-electron chi connectivity index (χ0n) is 11.1. The number of aryl methyl sites for hydroxylation is 1. The van der Waals surface area contributed by atoms with Crippen LogP contribution in [-0.2, 0) is 16.1 Å². The van der Waals surface area contributed by atoms with Gasteiger partial charge in [-0.05, 0) is 20.4 Å². The number of ether oxygens (including phenoxy) is 1. The minimum Gasteiger partial charge on any atom is -0.385 e. The molecule has 7 nitrogen and oxygen atoms in total. The Kier molecular flexibility index (Phi) is 6.31. The molecule has 0 bridgehead atoms. The molecule has 1 heterocycles. The van der Waals surface area contributed by atoms with Crippen molar-refractivity contribution in [3.63, 3.8) is 0 Å². The number of hydrogen-bond donors (Lipinski definition) is 1. The van der Waals surface area contributed by atoms with E-state index < -0.39 is 0 Å². The van der Waals surface area contributed by atoms with Crippen LogP contribution in [0.2, 0.25) is 0 Å². The monoisotopic (exact) mass is 256 g/mol. The molecule has 0 unspecified atom stereocenters. The van der Waals surface area contributed by atoms with Gasteiger partial charge in [-0.15, -0.1) is 0 Å². The van der Waals surface area contributed by atoms with Crippen LogP contribution in [0.3, 0.4) is 0 Å². The minimum absolute atomic E-state index is 0.0233. The van der Waals surface area contributed by atoms with Crippen molar-refractivity contribution >= 4 is 5.91 Å². The molecule has 0 aliphatic rings. The lowest BCUT2D eigenvalue weighted by Gasteiger charge is -2.13. The highest BCUT2D eigenvalue weighted by Crippen LogP contribution is 1.99. The van der Waals surface area contributed by atoms with E-state index in [0.717, 1.165) is 6.42 Å². The summed E-state index contributed by atoms with van der Waals surface area (Å²) < 4.78 is 9.88. The van der Waals surface area contributed by atoms with Crippen molar-refractivity contribution in [2.45, 2.75) is 19.9 Å². The maximum absolute atomic E-state index is 11.6. The molecular formula is C11H20N4O3. The number of carbonyl (C=O) groups excluding carboxylic acids is 1. The first kappa shape index (κ1) is 14.6. The molecule has 0 spiro atoms. The topological polar surface area (TPSA) is 80.5 Å². The second-order valence-electron chi connectivity index (χ2n) is 4.10. The van der Waals surface area contributed by atoms with Crippen LogP contribution in [0.15, 0.2) is 4.52 Å². The zero-order chi connectivity index (χ0) is 13.4. The van der Waals surface area contributed by atoms with Gasteiger partial charge in [0.05, 0.1) is 13.1 Å². The molecule has 1 rings (SSSR count). The fourth-order valence-corrected chi connectivity index (χ4v) is 1.44. The van der Waals surface area contributed by atoms with Crippen molar-refractivity contribution in [1.82, 2.24) is 20.4 Å². The summed E-state index contributed by atoms with van der Waals surface area (Å²) in [6, 6.07) is 0. The molecule has 1 aromatic heterocycles. The number of methoxy groups -OCH3 is 1. The summed E-state index contributed by atoms with van der Waals surface area (Å²) in [7, 11) is 3.47. The van der Waals surface area contributed by atoms with E-state index in [4.69, 9.17) is 9.26 Å². The number of likely N-dealkylation sites (N-methyl/N-ethyl adjacent to an activating group) is 1. The van der Waals surface area contributed by atoms with Gasteiger partial charge < -0.3 is 14.6 Å². The number of carbonyl (C=O) groups is 1. The third-order valence-corrected chi connectivity index (χ3v) is 2.24. The lowest BCUT2D eigenvalue weighted by Crippen LogP contribution is -2.35. The van der Waals surface area contributed by atoms with Crippen LogP contribution in [0.4, 0.5) is 0 Å². The average molecular weight is 256 g/mol. The smallest absolute Gasteiger partial charge is 0.240 e. The van der Waals surface area contributed by atoms with E-state index in [1.165, 1.54) is 0 Å². The first-order valence-electron chi connectivity index (χ1n) is 5.85. The maximum atomic E-state index is 11.6. The van der Waals surface area contributed by atoms with Crippen LogP contribution >= 0.6 is 0 Å². The predicted molar refractivity (Wildman–Crippen MR) is 64.9 cm³/mol. The fraction of sp³-hybridized carbons (Fsp3) is 0.727. The Morgan fingerprint density at radius 2 is 2.33 bits per heavy atom. The van der Waals surface area contributed by atoms with Crippen molar-refractivity contribution in [3.8, 4) is 0 Å². The molecule has 0 saturated heterocycles. The van der Waals surface area contributed by atoms with Crippen molar-refractivity contribution in [1.29, 1.82) is 0 Å². The van der Waals surface area contributed by atoms with Crippen LogP contribution in [0, 0.1) is 6.92 Å². The lowest BCUT2D eigenvalue weighted by molar-refractivity contribution is -0.122. The van der Waals surface area contributed by atoms with Gasteiger partial charge in [0.2, 0.25) is 11.8 Å². The summed E-state index contributed by atoms with van der Waals surface area (Å²) in [6.45, 7) is 3.80. The lowest BCUT2D eigenvalue weighted by atomic mass is 10.4. The van der Waals surface area contributed by atoms with Crippen molar-refractivity contribution in [2.24, 2.45) is 0 Å². The van der Waals surface area contributed by atoms with Gasteiger partial charge in [-0.1, -0.05) is 5.16 Å². The Bertz CT molecular complexity index is 367. The van der Waals surface area contributed by atoms with Gasteiger partial charge in [-0.2, -0.15) is 4.98 Å². The maximum Gasteiger partial charge on any atom is 0.240 e. The number of amides is 1. The molecule has 0 aliphatic heterocycles. The highest BCUT2D eigenvalue weighted by Gasteiger charge is 2.10. The van der Waals surface area contributed by atoms with Gasteiger partial charge >= 0.3 is 0 Å². The van der Waals surface area contributed by atoms with E-state index in [1.807, 2.05) is 11.9 Å². The average Bonchev–Trinajstić information content (AvgIpc) is 2.70. The molecule has 102 valence electrons. The summed E-state index contributed by atoms with van der Waals surface area (Å²) in [6.07, 6.45) is 0.814. The highest BCUT2D eigenvalue weighted by molar-refractivity contribution is 5.77. The molecule has 0 aromatic carbocycles. The Labute approximate surface area is 106 Å². The fourth-order valence-electron chi connectivity index (χ4n) is 1.44. The van der Waals surface area contributed by atoms with E-state index in [0.29, 0.717) is 38.0 Å². The number of aromatic nitrogens is 2. The van der Waals surface area contributed by atoms with Crippen LogP contribution in [0.1, 0.15) is 18.1 Å². The van der Waals surface area contributed by atoms with Crippen LogP contribution < -0.4 is 5.32 Å². The van der Waals surface area contributed by atoms with Crippen LogP contribution in [-0.4, -0.2) is 54.8 Å². The summed E-state index contributed by atoms with van der Waals surface area (Å²) in [5, 5.41) is 6.50. The summed E-state index contributed by atoms with van der Waals surface area (Å²) >= 11 is 0. The van der Waals surface area contributed by atoms with Crippen molar-refractivity contribution < 1.29 is 14.1 Å². The minimum atomic E-state index is -0.0233. The molecule has 7 heteroatoms. The van der Waals surface area contributed by atoms with Gasteiger partial charge in [0.25, 0.3) is 0 Å². The first-order chi connectivity index (χ1) is 8.61. The first-order valence-corrected chi connectivity index (χ1v) is 5.85. The standard InChI is InChI=1S/C11H20N4O3/c1-9-13-11(18-14-9)8-15(2)7-10(16)12-5-4-6-17-3/h4-8H2,1-3H3,(H,12,16). The van der Waals surface area contributed by atoms with E-state index in [-0.39, 0.29) is 5.91 Å².